The van der Waals surface area contributed by atoms with Crippen molar-refractivity contribution in [1.29, 1.82) is 0 Å². The molecule has 2 heterocycles. The number of imidazole rings is 1. The summed E-state index contributed by atoms with van der Waals surface area (Å²) >= 11 is 1.19. The predicted octanol–water partition coefficient (Wildman–Crippen LogP) is 5.59. The van der Waals surface area contributed by atoms with E-state index >= 15 is 0 Å². The Bertz CT molecular complexity index is 1520. The first-order valence-corrected chi connectivity index (χ1v) is 12.1. The third kappa shape index (κ3) is 5.09. The molecule has 0 aliphatic carbocycles. The highest BCUT2D eigenvalue weighted by atomic mass is 32.2. The normalized spacial score (nSPS) is 11.0. The molecular formula is C26H25FN8S. The van der Waals surface area contributed by atoms with Gasteiger partial charge in [-0.3, -0.25) is 5.14 Å². The van der Waals surface area contributed by atoms with Crippen molar-refractivity contribution >= 4 is 52.1 Å². The summed E-state index contributed by atoms with van der Waals surface area (Å²) in [7, 11) is 3.90. The molecule has 2 aromatic heterocycles. The van der Waals surface area contributed by atoms with Crippen molar-refractivity contribution in [2.24, 2.45) is 12.2 Å². The molecule has 10 heteroatoms. The Morgan fingerprint density at radius 3 is 2.72 bits per heavy atom. The molecule has 4 N–H and O–H groups in total. The molecule has 182 valence electrons. The number of aryl methyl sites for hydroxylation is 1. The molecule has 5 aromatic rings. The monoisotopic (exact) mass is 500 g/mol. The van der Waals surface area contributed by atoms with E-state index in [0.717, 1.165) is 38.7 Å². The summed E-state index contributed by atoms with van der Waals surface area (Å²) in [5, 5.41) is 12.2. The van der Waals surface area contributed by atoms with Gasteiger partial charge < -0.3 is 20.1 Å². The average Bonchev–Trinajstić information content (AvgIpc) is 3.22. The van der Waals surface area contributed by atoms with Gasteiger partial charge in [-0.2, -0.15) is 4.98 Å². The molecule has 36 heavy (non-hydrogen) atoms. The van der Waals surface area contributed by atoms with Crippen molar-refractivity contribution in [3.05, 3.63) is 90.4 Å². The summed E-state index contributed by atoms with van der Waals surface area (Å²) < 4.78 is 15.5. The summed E-state index contributed by atoms with van der Waals surface area (Å²) in [6, 6.07) is 22.2. The molecule has 5 rings (SSSR count). The quantitative estimate of drug-likeness (QED) is 0.237. The number of hydrogen-bond donors (Lipinski definition) is 3. The zero-order chi connectivity index (χ0) is 25.1. The van der Waals surface area contributed by atoms with E-state index < -0.39 is 0 Å². The third-order valence-electron chi connectivity index (χ3n) is 5.80. The van der Waals surface area contributed by atoms with E-state index in [0.29, 0.717) is 18.4 Å². The van der Waals surface area contributed by atoms with Crippen LogP contribution < -0.4 is 20.7 Å². The van der Waals surface area contributed by atoms with Gasteiger partial charge >= 0.3 is 0 Å². The molecule has 0 fully saturated rings. The number of hydrogen-bond acceptors (Lipinski definition) is 8. The van der Waals surface area contributed by atoms with Crippen LogP contribution in [0.4, 0.5) is 33.5 Å². The summed E-state index contributed by atoms with van der Waals surface area (Å²) in [6.45, 7) is 0.477. The Morgan fingerprint density at radius 1 is 1.03 bits per heavy atom. The van der Waals surface area contributed by atoms with E-state index in [2.05, 4.69) is 20.6 Å². The number of benzene rings is 3. The smallest absolute Gasteiger partial charge is 0.229 e. The maximum absolute atomic E-state index is 13.5. The maximum atomic E-state index is 13.5. The average molecular weight is 501 g/mol. The first kappa shape index (κ1) is 23.6. The van der Waals surface area contributed by atoms with Crippen LogP contribution in [0.2, 0.25) is 0 Å². The molecule has 8 nitrogen and oxygen atoms in total. The number of rotatable bonds is 8. The molecule has 0 bridgehead atoms. The summed E-state index contributed by atoms with van der Waals surface area (Å²) in [5.41, 5.74) is 4.47. The minimum absolute atomic E-state index is 0.252. The number of anilines is 5. The van der Waals surface area contributed by atoms with Crippen LogP contribution >= 0.6 is 11.9 Å². The Labute approximate surface area is 212 Å². The van der Waals surface area contributed by atoms with Crippen LogP contribution in [0.1, 0.15) is 5.56 Å². The minimum atomic E-state index is -0.252. The number of halogens is 1. The van der Waals surface area contributed by atoms with Gasteiger partial charge in [0, 0.05) is 43.1 Å². The van der Waals surface area contributed by atoms with Gasteiger partial charge in [-0.05, 0) is 72.1 Å². The minimum Gasteiger partial charge on any atom is -0.352 e. The van der Waals surface area contributed by atoms with Gasteiger partial charge in [0.1, 0.15) is 11.6 Å². The molecule has 0 atom stereocenters. The van der Waals surface area contributed by atoms with Crippen molar-refractivity contribution in [2.75, 3.05) is 22.6 Å². The molecular weight excluding hydrogens is 475 g/mol. The Morgan fingerprint density at radius 2 is 1.89 bits per heavy atom. The molecule has 0 amide bonds. The van der Waals surface area contributed by atoms with Gasteiger partial charge in [-0.25, -0.2) is 14.4 Å². The van der Waals surface area contributed by atoms with E-state index in [1.165, 1.54) is 24.1 Å². The number of nitrogens with zero attached hydrogens (tertiary/aromatic N) is 5. The SMILES string of the molecule is CN(c1ccc2c(c1)nc(NCc1cccc(F)c1)n2C)c1ccnc(Nc2cccc(SN)c2)n1. The van der Waals surface area contributed by atoms with Gasteiger partial charge in [-0.15, -0.1) is 0 Å². The number of nitrogens with two attached hydrogens (primary N) is 1. The summed E-state index contributed by atoms with van der Waals surface area (Å²) in [6.07, 6.45) is 1.72. The van der Waals surface area contributed by atoms with E-state index in [4.69, 9.17) is 10.1 Å². The lowest BCUT2D eigenvalue weighted by atomic mass is 10.2. The second-order valence-corrected chi connectivity index (χ2v) is 8.93. The van der Waals surface area contributed by atoms with Crippen LogP contribution in [0, 0.1) is 5.82 Å². The van der Waals surface area contributed by atoms with Crippen molar-refractivity contribution < 1.29 is 4.39 Å². The second-order valence-electron chi connectivity index (χ2n) is 8.22. The molecule has 0 saturated heterocycles. The fraction of sp³-hybridized carbons (Fsp3) is 0.115. The van der Waals surface area contributed by atoms with Crippen LogP contribution in [0.25, 0.3) is 11.0 Å². The van der Waals surface area contributed by atoms with E-state index in [1.807, 2.05) is 78.2 Å². The van der Waals surface area contributed by atoms with Crippen LogP contribution in [-0.4, -0.2) is 26.6 Å². The lowest BCUT2D eigenvalue weighted by Gasteiger charge is -2.19. The van der Waals surface area contributed by atoms with E-state index in [9.17, 15) is 4.39 Å². The van der Waals surface area contributed by atoms with Crippen molar-refractivity contribution in [2.45, 2.75) is 11.4 Å². The number of aromatic nitrogens is 4. The van der Waals surface area contributed by atoms with E-state index in [-0.39, 0.29) is 5.82 Å². The first-order valence-electron chi connectivity index (χ1n) is 11.3. The van der Waals surface area contributed by atoms with Gasteiger partial charge in [0.25, 0.3) is 0 Å². The Hall–Kier alpha value is -4.15. The van der Waals surface area contributed by atoms with Crippen LogP contribution in [0.5, 0.6) is 0 Å². The lowest BCUT2D eigenvalue weighted by Crippen LogP contribution is -2.12. The highest BCUT2D eigenvalue weighted by molar-refractivity contribution is 7.97. The Balaban J connectivity index is 1.35. The molecule has 0 unspecified atom stereocenters. The fourth-order valence-electron chi connectivity index (χ4n) is 3.89. The maximum Gasteiger partial charge on any atom is 0.229 e. The van der Waals surface area contributed by atoms with Gasteiger partial charge in [0.15, 0.2) is 0 Å². The Kier molecular flexibility index (Phi) is 6.70. The number of nitrogens with one attached hydrogen (secondary N) is 2. The van der Waals surface area contributed by atoms with Gasteiger partial charge in [-0.1, -0.05) is 18.2 Å². The molecule has 0 saturated carbocycles. The van der Waals surface area contributed by atoms with Crippen LogP contribution in [0.3, 0.4) is 0 Å². The van der Waals surface area contributed by atoms with E-state index in [1.54, 1.807) is 12.3 Å². The molecule has 0 radical (unpaired) electrons. The van der Waals surface area contributed by atoms with Crippen LogP contribution in [0.15, 0.2) is 83.9 Å². The van der Waals surface area contributed by atoms with Crippen molar-refractivity contribution in [1.82, 2.24) is 19.5 Å². The second kappa shape index (κ2) is 10.2. The zero-order valence-electron chi connectivity index (χ0n) is 19.8. The highest BCUT2D eigenvalue weighted by Crippen LogP contribution is 2.28. The van der Waals surface area contributed by atoms with Crippen molar-refractivity contribution in [3.63, 3.8) is 0 Å². The highest BCUT2D eigenvalue weighted by Gasteiger charge is 2.12. The third-order valence-corrected chi connectivity index (χ3v) is 6.33. The fourth-order valence-corrected chi connectivity index (χ4v) is 4.24. The zero-order valence-corrected chi connectivity index (χ0v) is 20.6. The summed E-state index contributed by atoms with van der Waals surface area (Å²) in [5.74, 6) is 1.68. The van der Waals surface area contributed by atoms with Gasteiger partial charge in [0.05, 0.1) is 11.0 Å². The molecule has 0 aliphatic heterocycles. The predicted molar refractivity (Wildman–Crippen MR) is 144 cm³/mol. The van der Waals surface area contributed by atoms with Crippen molar-refractivity contribution in [3.8, 4) is 0 Å². The standard InChI is InChI=1S/C26H25FN8S/c1-34(24-11-12-29-25(33-24)31-19-7-4-8-21(14-19)36-28)20-9-10-23-22(15-20)32-26(35(23)2)30-16-17-5-3-6-18(27)13-17/h3-15H,16,28H2,1-2H3,(H,30,32)(H,29,31,33). The first-order chi connectivity index (χ1) is 17.5. The lowest BCUT2D eigenvalue weighted by molar-refractivity contribution is 0.626. The largest absolute Gasteiger partial charge is 0.352 e. The summed E-state index contributed by atoms with van der Waals surface area (Å²) in [4.78, 5) is 16.7. The molecule has 0 aliphatic rings. The van der Waals surface area contributed by atoms with Crippen LogP contribution in [-0.2, 0) is 13.6 Å². The number of fused-ring (bicyclic) bond motifs is 1. The molecule has 3 aromatic carbocycles. The van der Waals surface area contributed by atoms with Gasteiger partial charge in [0.2, 0.25) is 11.9 Å². The molecule has 0 spiro atoms. The topological polar surface area (TPSA) is 96.9 Å².